The molecule has 2 amide bonds. The quantitative estimate of drug-likeness (QED) is 0.870. The fourth-order valence-electron chi connectivity index (χ4n) is 2.30. The first-order valence-electron chi connectivity index (χ1n) is 6.10. The van der Waals surface area contributed by atoms with Crippen molar-refractivity contribution in [3.8, 4) is 0 Å². The lowest BCUT2D eigenvalue weighted by Crippen LogP contribution is -2.33. The Balaban J connectivity index is 2.42. The van der Waals surface area contributed by atoms with Gasteiger partial charge < -0.3 is 10.2 Å². The lowest BCUT2D eigenvalue weighted by atomic mass is 9.86. The number of likely N-dealkylation sites (N-methyl/N-ethyl adjacent to an activating group) is 1. The Morgan fingerprint density at radius 3 is 2.67 bits per heavy atom. The van der Waals surface area contributed by atoms with Crippen LogP contribution in [0.2, 0.25) is 0 Å². The minimum Gasteiger partial charge on any atom is -0.326 e. The van der Waals surface area contributed by atoms with Gasteiger partial charge in [-0.05, 0) is 37.6 Å². The summed E-state index contributed by atoms with van der Waals surface area (Å²) in [5.74, 6) is 0.0573. The molecule has 4 heteroatoms. The number of hydrogen-bond acceptors (Lipinski definition) is 2. The van der Waals surface area contributed by atoms with E-state index in [4.69, 9.17) is 0 Å². The second-order valence-corrected chi connectivity index (χ2v) is 5.12. The van der Waals surface area contributed by atoms with Crippen molar-refractivity contribution >= 4 is 23.2 Å². The SMILES string of the molecule is CCC(=O)Nc1ccc2c(c1)C(C)(C)C(=O)N2C. The molecule has 4 nitrogen and oxygen atoms in total. The first kappa shape index (κ1) is 12.6. The summed E-state index contributed by atoms with van der Waals surface area (Å²) in [5, 5.41) is 2.82. The van der Waals surface area contributed by atoms with Crippen molar-refractivity contribution in [1.29, 1.82) is 0 Å². The van der Waals surface area contributed by atoms with E-state index >= 15 is 0 Å². The number of hydrogen-bond donors (Lipinski definition) is 1. The summed E-state index contributed by atoms with van der Waals surface area (Å²) < 4.78 is 0. The Hall–Kier alpha value is -1.84. The fourth-order valence-corrected chi connectivity index (χ4v) is 2.30. The highest BCUT2D eigenvalue weighted by molar-refractivity contribution is 6.07. The normalized spacial score (nSPS) is 16.7. The van der Waals surface area contributed by atoms with Crippen LogP contribution in [0.15, 0.2) is 18.2 Å². The molecule has 0 aliphatic carbocycles. The number of nitrogens with zero attached hydrogens (tertiary/aromatic N) is 1. The molecule has 1 heterocycles. The molecule has 0 spiro atoms. The number of rotatable bonds is 2. The van der Waals surface area contributed by atoms with Crippen LogP contribution in [0.1, 0.15) is 32.8 Å². The number of carbonyl (C=O) groups is 2. The van der Waals surface area contributed by atoms with E-state index in [1.165, 1.54) is 0 Å². The Morgan fingerprint density at radius 1 is 1.39 bits per heavy atom. The number of benzene rings is 1. The lowest BCUT2D eigenvalue weighted by molar-refractivity contribution is -0.121. The second kappa shape index (κ2) is 4.12. The van der Waals surface area contributed by atoms with Crippen molar-refractivity contribution in [3.05, 3.63) is 23.8 Å². The zero-order valence-corrected chi connectivity index (χ0v) is 11.2. The topological polar surface area (TPSA) is 49.4 Å². The van der Waals surface area contributed by atoms with Crippen LogP contribution in [0.4, 0.5) is 11.4 Å². The average Bonchev–Trinajstić information content (AvgIpc) is 2.51. The molecule has 96 valence electrons. The van der Waals surface area contributed by atoms with E-state index in [1.54, 1.807) is 11.9 Å². The predicted molar refractivity (Wildman–Crippen MR) is 71.8 cm³/mol. The number of anilines is 2. The summed E-state index contributed by atoms with van der Waals surface area (Å²) in [7, 11) is 1.78. The molecule has 1 aromatic rings. The van der Waals surface area contributed by atoms with Crippen molar-refractivity contribution < 1.29 is 9.59 Å². The molecule has 1 aliphatic rings. The van der Waals surface area contributed by atoms with E-state index in [0.717, 1.165) is 16.9 Å². The van der Waals surface area contributed by atoms with Gasteiger partial charge in [0.2, 0.25) is 11.8 Å². The third-order valence-electron chi connectivity index (χ3n) is 3.48. The summed E-state index contributed by atoms with van der Waals surface area (Å²) in [5.41, 5.74) is 2.09. The zero-order chi connectivity index (χ0) is 13.5. The first-order chi connectivity index (χ1) is 8.37. The Labute approximate surface area is 107 Å². The van der Waals surface area contributed by atoms with E-state index in [1.807, 2.05) is 39.0 Å². The maximum atomic E-state index is 12.1. The molecule has 0 fully saturated rings. The van der Waals surface area contributed by atoms with Crippen LogP contribution >= 0.6 is 0 Å². The molecule has 1 N–H and O–H groups in total. The van der Waals surface area contributed by atoms with Crippen molar-refractivity contribution in [1.82, 2.24) is 0 Å². The highest BCUT2D eigenvalue weighted by Gasteiger charge is 2.42. The molecule has 0 unspecified atom stereocenters. The van der Waals surface area contributed by atoms with Crippen molar-refractivity contribution in [2.75, 3.05) is 17.3 Å². The van der Waals surface area contributed by atoms with Gasteiger partial charge in [-0.2, -0.15) is 0 Å². The standard InChI is InChI=1S/C14H18N2O2/c1-5-12(17)15-9-6-7-11-10(8-9)14(2,3)13(18)16(11)4/h6-8H,5H2,1-4H3,(H,15,17). The maximum Gasteiger partial charge on any atom is 0.236 e. The highest BCUT2D eigenvalue weighted by Crippen LogP contribution is 2.41. The summed E-state index contributed by atoms with van der Waals surface area (Å²) >= 11 is 0. The number of carbonyl (C=O) groups excluding carboxylic acids is 2. The molecule has 1 aliphatic heterocycles. The van der Waals surface area contributed by atoms with Crippen LogP contribution in [-0.2, 0) is 15.0 Å². The summed E-state index contributed by atoms with van der Waals surface area (Å²) in [6, 6.07) is 5.61. The van der Waals surface area contributed by atoms with Gasteiger partial charge in [0.25, 0.3) is 0 Å². The van der Waals surface area contributed by atoms with Crippen molar-refractivity contribution in [2.24, 2.45) is 0 Å². The van der Waals surface area contributed by atoms with Crippen molar-refractivity contribution in [3.63, 3.8) is 0 Å². The Bertz CT molecular complexity index is 521. The van der Waals surface area contributed by atoms with E-state index < -0.39 is 5.41 Å². The van der Waals surface area contributed by atoms with Gasteiger partial charge in [-0.25, -0.2) is 0 Å². The minimum atomic E-state index is -0.531. The molecular weight excluding hydrogens is 228 g/mol. The molecule has 0 saturated heterocycles. The molecule has 1 aromatic carbocycles. The molecular formula is C14H18N2O2. The van der Waals surface area contributed by atoms with Crippen LogP contribution in [0.25, 0.3) is 0 Å². The maximum absolute atomic E-state index is 12.1. The second-order valence-electron chi connectivity index (χ2n) is 5.12. The van der Waals surface area contributed by atoms with Crippen molar-refractivity contribution in [2.45, 2.75) is 32.6 Å². The summed E-state index contributed by atoms with van der Waals surface area (Å²) in [6.45, 7) is 5.62. The molecule has 0 atom stereocenters. The first-order valence-corrected chi connectivity index (χ1v) is 6.10. The van der Waals surface area contributed by atoms with Crippen LogP contribution in [0.5, 0.6) is 0 Å². The third-order valence-corrected chi connectivity index (χ3v) is 3.48. The number of nitrogens with one attached hydrogen (secondary N) is 1. The largest absolute Gasteiger partial charge is 0.326 e. The zero-order valence-electron chi connectivity index (χ0n) is 11.2. The van der Waals surface area contributed by atoms with Gasteiger partial charge >= 0.3 is 0 Å². The Morgan fingerprint density at radius 2 is 2.06 bits per heavy atom. The number of amides is 2. The number of fused-ring (bicyclic) bond motifs is 1. The molecule has 0 saturated carbocycles. The Kier molecular flexibility index (Phi) is 2.89. The van der Waals surface area contributed by atoms with Crippen LogP contribution in [0.3, 0.4) is 0 Å². The summed E-state index contributed by atoms with van der Waals surface area (Å²) in [4.78, 5) is 25.2. The van der Waals surface area contributed by atoms with Gasteiger partial charge in [0.15, 0.2) is 0 Å². The highest BCUT2D eigenvalue weighted by atomic mass is 16.2. The van der Waals surface area contributed by atoms with Crippen LogP contribution in [0, 0.1) is 0 Å². The fraction of sp³-hybridized carbons (Fsp3) is 0.429. The van der Waals surface area contributed by atoms with E-state index in [2.05, 4.69) is 5.32 Å². The predicted octanol–water partition coefficient (Wildman–Crippen LogP) is 2.29. The molecule has 2 rings (SSSR count). The molecule has 18 heavy (non-hydrogen) atoms. The molecule has 0 aromatic heterocycles. The monoisotopic (exact) mass is 246 g/mol. The van der Waals surface area contributed by atoms with Gasteiger partial charge in [-0.15, -0.1) is 0 Å². The average molecular weight is 246 g/mol. The van der Waals surface area contributed by atoms with E-state index in [0.29, 0.717) is 6.42 Å². The van der Waals surface area contributed by atoms with E-state index in [-0.39, 0.29) is 11.8 Å². The van der Waals surface area contributed by atoms with Crippen LogP contribution in [-0.4, -0.2) is 18.9 Å². The minimum absolute atomic E-state index is 0.0227. The van der Waals surface area contributed by atoms with E-state index in [9.17, 15) is 9.59 Å². The summed E-state index contributed by atoms with van der Waals surface area (Å²) in [6.07, 6.45) is 0.444. The smallest absolute Gasteiger partial charge is 0.236 e. The van der Waals surface area contributed by atoms with Crippen LogP contribution < -0.4 is 10.2 Å². The van der Waals surface area contributed by atoms with Gasteiger partial charge in [-0.3, -0.25) is 9.59 Å². The third kappa shape index (κ3) is 1.78. The van der Waals surface area contributed by atoms with Gasteiger partial charge in [0.1, 0.15) is 0 Å². The lowest BCUT2D eigenvalue weighted by Gasteiger charge is -2.16. The molecule has 0 radical (unpaired) electrons. The van der Waals surface area contributed by atoms with Gasteiger partial charge in [0.05, 0.1) is 5.41 Å². The molecule has 0 bridgehead atoms. The van der Waals surface area contributed by atoms with Gasteiger partial charge in [-0.1, -0.05) is 6.92 Å². The van der Waals surface area contributed by atoms with Gasteiger partial charge in [0, 0.05) is 24.8 Å².